The van der Waals surface area contributed by atoms with Gasteiger partial charge in [-0.05, 0) is 36.4 Å². The molecule has 1 heterocycles. The third-order valence-corrected chi connectivity index (χ3v) is 2.59. The Labute approximate surface area is 97.3 Å². The minimum atomic E-state index is 0.585. The van der Waals surface area contributed by atoms with Crippen molar-refractivity contribution >= 4 is 27.8 Å². The van der Waals surface area contributed by atoms with Crippen molar-refractivity contribution in [2.24, 2.45) is 0 Å². The van der Waals surface area contributed by atoms with Crippen LogP contribution in [0.4, 0.5) is 5.69 Å². The number of hydrogen-bond acceptors (Lipinski definition) is 4. The van der Waals surface area contributed by atoms with Gasteiger partial charge in [-0.3, -0.25) is 0 Å². The highest BCUT2D eigenvalue weighted by Gasteiger charge is 2.02. The molecule has 1 aromatic heterocycles. The Morgan fingerprint density at radius 2 is 1.53 bits per heavy atom. The van der Waals surface area contributed by atoms with Crippen molar-refractivity contribution in [3.8, 4) is 6.07 Å². The van der Waals surface area contributed by atoms with Gasteiger partial charge in [-0.15, -0.1) is 0 Å². The lowest BCUT2D eigenvalue weighted by Gasteiger charge is -2.01. The van der Waals surface area contributed by atoms with E-state index >= 15 is 0 Å². The largest absolute Gasteiger partial charge is 0.399 e. The summed E-state index contributed by atoms with van der Waals surface area (Å²) in [6, 6.07) is 12.8. The van der Waals surface area contributed by atoms with Crippen molar-refractivity contribution in [2.75, 3.05) is 5.73 Å². The predicted octanol–water partition coefficient (Wildman–Crippen LogP) is 2.24. The zero-order valence-corrected chi connectivity index (χ0v) is 8.88. The van der Waals surface area contributed by atoms with Crippen LogP contribution in [0, 0.1) is 11.3 Å². The molecule has 0 aliphatic rings. The second-order valence-electron chi connectivity index (χ2n) is 3.79. The molecule has 0 saturated heterocycles. The van der Waals surface area contributed by atoms with Gasteiger partial charge in [-0.2, -0.15) is 5.26 Å². The number of hydrogen-bond donors (Lipinski definition) is 1. The summed E-state index contributed by atoms with van der Waals surface area (Å²) in [5.41, 5.74) is 9.99. The first kappa shape index (κ1) is 9.55. The van der Waals surface area contributed by atoms with Gasteiger partial charge in [0.15, 0.2) is 0 Å². The van der Waals surface area contributed by atoms with E-state index < -0.39 is 0 Å². The van der Waals surface area contributed by atoms with Gasteiger partial charge in [-0.25, -0.2) is 9.97 Å². The van der Waals surface area contributed by atoms with Crippen molar-refractivity contribution in [1.82, 2.24) is 9.97 Å². The van der Waals surface area contributed by atoms with E-state index in [1.807, 2.05) is 6.07 Å². The first-order chi connectivity index (χ1) is 8.26. The molecule has 3 rings (SSSR count). The molecule has 80 valence electrons. The van der Waals surface area contributed by atoms with Crippen LogP contribution in [-0.4, -0.2) is 9.97 Å². The number of nitriles is 1. The number of fused-ring (bicyclic) bond motifs is 2. The predicted molar refractivity (Wildman–Crippen MR) is 66.2 cm³/mol. The number of nitrogens with two attached hydrogens (primary N) is 1. The molecule has 0 atom stereocenters. The van der Waals surface area contributed by atoms with Crippen LogP contribution in [0.5, 0.6) is 0 Å². The van der Waals surface area contributed by atoms with Crippen LogP contribution in [0.25, 0.3) is 22.1 Å². The molecule has 2 aromatic carbocycles. The molecule has 4 heteroatoms. The molecule has 17 heavy (non-hydrogen) atoms. The number of anilines is 1. The summed E-state index contributed by atoms with van der Waals surface area (Å²) in [6.07, 6.45) is 0. The lowest BCUT2D eigenvalue weighted by molar-refractivity contribution is 1.38. The Morgan fingerprint density at radius 3 is 2.24 bits per heavy atom. The fraction of sp³-hybridized carbons (Fsp3) is 0. The average molecular weight is 220 g/mol. The zero-order chi connectivity index (χ0) is 11.8. The number of nitrogen functional groups attached to an aromatic ring is 1. The van der Waals surface area contributed by atoms with Crippen molar-refractivity contribution < 1.29 is 0 Å². The van der Waals surface area contributed by atoms with Gasteiger partial charge in [0.1, 0.15) is 0 Å². The number of benzene rings is 2. The SMILES string of the molecule is N#Cc1ccc2nc3cc(N)ccc3nc2c1. The summed E-state index contributed by atoms with van der Waals surface area (Å²) in [4.78, 5) is 8.92. The van der Waals surface area contributed by atoms with Crippen LogP contribution in [-0.2, 0) is 0 Å². The van der Waals surface area contributed by atoms with E-state index in [1.165, 1.54) is 0 Å². The molecule has 0 radical (unpaired) electrons. The second-order valence-corrected chi connectivity index (χ2v) is 3.79. The van der Waals surface area contributed by atoms with Gasteiger partial charge < -0.3 is 5.73 Å². The van der Waals surface area contributed by atoms with E-state index in [9.17, 15) is 0 Å². The van der Waals surface area contributed by atoms with Gasteiger partial charge in [0.05, 0.1) is 33.7 Å². The van der Waals surface area contributed by atoms with Gasteiger partial charge >= 0.3 is 0 Å². The van der Waals surface area contributed by atoms with E-state index in [0.29, 0.717) is 11.3 Å². The number of rotatable bonds is 0. The fourth-order valence-corrected chi connectivity index (χ4v) is 1.76. The normalized spacial score (nSPS) is 10.5. The maximum absolute atomic E-state index is 8.83. The molecule has 0 amide bonds. The van der Waals surface area contributed by atoms with E-state index in [2.05, 4.69) is 16.0 Å². The summed E-state index contributed by atoms with van der Waals surface area (Å²) >= 11 is 0. The van der Waals surface area contributed by atoms with Crippen LogP contribution < -0.4 is 5.73 Å². The third-order valence-electron chi connectivity index (χ3n) is 2.59. The van der Waals surface area contributed by atoms with Crippen LogP contribution in [0.1, 0.15) is 5.56 Å². The Bertz CT molecular complexity index is 771. The third kappa shape index (κ3) is 1.54. The van der Waals surface area contributed by atoms with Crippen molar-refractivity contribution in [2.45, 2.75) is 0 Å². The quantitative estimate of drug-likeness (QED) is 0.465. The van der Waals surface area contributed by atoms with Crippen molar-refractivity contribution in [3.63, 3.8) is 0 Å². The topological polar surface area (TPSA) is 75.6 Å². The molecule has 0 unspecified atom stereocenters. The molecule has 0 spiro atoms. The Balaban J connectivity index is 2.40. The smallest absolute Gasteiger partial charge is 0.0992 e. The molecule has 0 saturated carbocycles. The van der Waals surface area contributed by atoms with Gasteiger partial charge in [0.2, 0.25) is 0 Å². The summed E-state index contributed by atoms with van der Waals surface area (Å²) in [5.74, 6) is 0. The molecule has 4 nitrogen and oxygen atoms in total. The lowest BCUT2D eigenvalue weighted by atomic mass is 10.2. The zero-order valence-electron chi connectivity index (χ0n) is 8.88. The highest BCUT2D eigenvalue weighted by Crippen LogP contribution is 2.18. The standard InChI is InChI=1S/C13H8N4/c14-7-8-1-3-10-12(5-8)16-11-4-2-9(15)6-13(11)17-10/h1-6H,15H2. The maximum atomic E-state index is 8.83. The molecule has 2 N–H and O–H groups in total. The average Bonchev–Trinajstić information content (AvgIpc) is 2.35. The van der Waals surface area contributed by atoms with E-state index in [-0.39, 0.29) is 0 Å². The van der Waals surface area contributed by atoms with Gasteiger partial charge in [0, 0.05) is 5.69 Å². The second kappa shape index (κ2) is 3.42. The van der Waals surface area contributed by atoms with Crippen LogP contribution in [0.2, 0.25) is 0 Å². The summed E-state index contributed by atoms with van der Waals surface area (Å²) in [5, 5.41) is 8.83. The molecular formula is C13H8N4. The summed E-state index contributed by atoms with van der Waals surface area (Å²) in [6.45, 7) is 0. The van der Waals surface area contributed by atoms with E-state index in [0.717, 1.165) is 22.1 Å². The molecule has 0 bridgehead atoms. The molecule has 3 aromatic rings. The van der Waals surface area contributed by atoms with E-state index in [1.54, 1.807) is 30.3 Å². The van der Waals surface area contributed by atoms with Gasteiger partial charge in [-0.1, -0.05) is 0 Å². The Kier molecular flexibility index (Phi) is 1.92. The lowest BCUT2D eigenvalue weighted by Crippen LogP contribution is -1.90. The van der Waals surface area contributed by atoms with Crippen molar-refractivity contribution in [3.05, 3.63) is 42.0 Å². The highest BCUT2D eigenvalue weighted by molar-refractivity contribution is 5.88. The van der Waals surface area contributed by atoms with Crippen LogP contribution in [0.15, 0.2) is 36.4 Å². The van der Waals surface area contributed by atoms with Gasteiger partial charge in [0.25, 0.3) is 0 Å². The number of aromatic nitrogens is 2. The monoisotopic (exact) mass is 220 g/mol. The maximum Gasteiger partial charge on any atom is 0.0992 e. The van der Waals surface area contributed by atoms with Crippen LogP contribution >= 0.6 is 0 Å². The molecule has 0 aliphatic heterocycles. The highest BCUT2D eigenvalue weighted by atomic mass is 14.8. The Hall–Kier alpha value is -2.67. The molecule has 0 aliphatic carbocycles. The minimum absolute atomic E-state index is 0.585. The Morgan fingerprint density at radius 1 is 0.882 bits per heavy atom. The molecule has 0 fully saturated rings. The first-order valence-electron chi connectivity index (χ1n) is 5.13. The number of nitrogens with zero attached hydrogens (tertiary/aromatic N) is 3. The van der Waals surface area contributed by atoms with Crippen LogP contribution in [0.3, 0.4) is 0 Å². The van der Waals surface area contributed by atoms with Crippen molar-refractivity contribution in [1.29, 1.82) is 5.26 Å². The van der Waals surface area contributed by atoms with E-state index in [4.69, 9.17) is 11.0 Å². The first-order valence-corrected chi connectivity index (χ1v) is 5.13. The molecular weight excluding hydrogens is 212 g/mol. The fourth-order valence-electron chi connectivity index (χ4n) is 1.76. The summed E-state index contributed by atoms with van der Waals surface area (Å²) in [7, 11) is 0. The summed E-state index contributed by atoms with van der Waals surface area (Å²) < 4.78 is 0. The minimum Gasteiger partial charge on any atom is -0.399 e.